The number of nitrogens with one attached hydrogen (secondary N) is 2. The van der Waals surface area contributed by atoms with Crippen LogP contribution >= 0.6 is 23.8 Å². The number of Topliss-reactive ketones (excluding diaryl/α,β-unsaturated/α-hetero) is 1. The van der Waals surface area contributed by atoms with E-state index in [0.717, 1.165) is 16.8 Å². The van der Waals surface area contributed by atoms with Gasteiger partial charge < -0.3 is 10.6 Å². The number of benzene rings is 2. The van der Waals surface area contributed by atoms with Crippen LogP contribution < -0.4 is 10.6 Å². The number of carbonyl (C=O) groups excluding carboxylic acids is 1. The Kier molecular flexibility index (Phi) is 4.46. The molecular formula is C18H15ClN2OS. The summed E-state index contributed by atoms with van der Waals surface area (Å²) in [6.07, 6.45) is 0. The summed E-state index contributed by atoms with van der Waals surface area (Å²) < 4.78 is 0. The van der Waals surface area contributed by atoms with Crippen molar-refractivity contribution in [2.45, 2.75) is 13.0 Å². The van der Waals surface area contributed by atoms with Gasteiger partial charge in [0.1, 0.15) is 0 Å². The van der Waals surface area contributed by atoms with E-state index in [2.05, 4.69) is 10.6 Å². The van der Waals surface area contributed by atoms with Crippen LogP contribution in [0.15, 0.2) is 60.2 Å². The number of hydrogen-bond donors (Lipinski definition) is 2. The molecule has 0 amide bonds. The highest BCUT2D eigenvalue weighted by molar-refractivity contribution is 7.80. The smallest absolute Gasteiger partial charge is 0.171 e. The van der Waals surface area contributed by atoms with Crippen LogP contribution in [-0.4, -0.2) is 10.9 Å². The van der Waals surface area contributed by atoms with E-state index in [4.69, 9.17) is 23.8 Å². The number of thiocarbonyl (C=S) groups is 1. The third-order valence-electron chi connectivity index (χ3n) is 3.72. The summed E-state index contributed by atoms with van der Waals surface area (Å²) in [4.78, 5) is 12.3. The molecule has 116 valence electrons. The van der Waals surface area contributed by atoms with Crippen molar-refractivity contribution in [3.8, 4) is 0 Å². The summed E-state index contributed by atoms with van der Waals surface area (Å²) in [7, 11) is 0. The fraction of sp³-hybridized carbons (Fsp3) is 0.111. The van der Waals surface area contributed by atoms with Crippen molar-refractivity contribution in [1.29, 1.82) is 0 Å². The van der Waals surface area contributed by atoms with Gasteiger partial charge >= 0.3 is 0 Å². The maximum atomic E-state index is 12.3. The van der Waals surface area contributed by atoms with Crippen molar-refractivity contribution in [1.82, 2.24) is 10.6 Å². The summed E-state index contributed by atoms with van der Waals surface area (Å²) in [5.74, 6) is -0.00805. The molecule has 1 atom stereocenters. The van der Waals surface area contributed by atoms with Crippen molar-refractivity contribution in [2.75, 3.05) is 0 Å². The molecule has 0 spiro atoms. The fourth-order valence-corrected chi connectivity index (χ4v) is 3.03. The molecule has 0 saturated heterocycles. The second-order valence-electron chi connectivity index (χ2n) is 5.29. The van der Waals surface area contributed by atoms with Crippen molar-refractivity contribution in [2.24, 2.45) is 0 Å². The van der Waals surface area contributed by atoms with Crippen LogP contribution in [0, 0.1) is 0 Å². The molecule has 0 fully saturated rings. The first-order chi connectivity index (χ1) is 11.1. The predicted octanol–water partition coefficient (Wildman–Crippen LogP) is 3.86. The van der Waals surface area contributed by atoms with Gasteiger partial charge in [0.2, 0.25) is 0 Å². The first kappa shape index (κ1) is 15.7. The zero-order valence-corrected chi connectivity index (χ0v) is 14.0. The number of halogens is 1. The SMILES string of the molecule is CC(=O)C1=C(c2ccccc2)NC(=S)N[C@H]1c1ccc(Cl)cc1. The zero-order chi connectivity index (χ0) is 16.4. The Morgan fingerprint density at radius 1 is 1.09 bits per heavy atom. The van der Waals surface area contributed by atoms with Gasteiger partial charge in [0, 0.05) is 10.6 Å². The summed E-state index contributed by atoms with van der Waals surface area (Å²) >= 11 is 11.3. The van der Waals surface area contributed by atoms with Crippen molar-refractivity contribution < 1.29 is 4.79 Å². The molecule has 1 aliphatic rings. The molecule has 0 radical (unpaired) electrons. The van der Waals surface area contributed by atoms with Crippen molar-refractivity contribution >= 4 is 40.4 Å². The Hall–Kier alpha value is -2.17. The van der Waals surface area contributed by atoms with Gasteiger partial charge in [-0.2, -0.15) is 0 Å². The Morgan fingerprint density at radius 2 is 1.74 bits per heavy atom. The molecule has 1 aliphatic heterocycles. The molecule has 2 aromatic rings. The maximum Gasteiger partial charge on any atom is 0.171 e. The largest absolute Gasteiger partial charge is 0.351 e. The van der Waals surface area contributed by atoms with Gasteiger partial charge in [0.15, 0.2) is 10.9 Å². The highest BCUT2D eigenvalue weighted by atomic mass is 35.5. The van der Waals surface area contributed by atoms with E-state index in [0.29, 0.717) is 15.7 Å². The summed E-state index contributed by atoms with van der Waals surface area (Å²) in [5, 5.41) is 7.46. The normalized spacial score (nSPS) is 17.5. The quantitative estimate of drug-likeness (QED) is 0.831. The Morgan fingerprint density at radius 3 is 2.35 bits per heavy atom. The van der Waals surface area contributed by atoms with Crippen LogP contribution in [0.1, 0.15) is 24.1 Å². The van der Waals surface area contributed by atoms with Gasteiger partial charge in [-0.05, 0) is 42.4 Å². The number of hydrogen-bond acceptors (Lipinski definition) is 2. The van der Waals surface area contributed by atoms with E-state index in [-0.39, 0.29) is 11.8 Å². The molecule has 5 heteroatoms. The van der Waals surface area contributed by atoms with E-state index >= 15 is 0 Å². The van der Waals surface area contributed by atoms with E-state index in [1.54, 1.807) is 6.92 Å². The second kappa shape index (κ2) is 6.52. The van der Waals surface area contributed by atoms with Crippen LogP contribution in [0.5, 0.6) is 0 Å². The fourth-order valence-electron chi connectivity index (χ4n) is 2.68. The van der Waals surface area contributed by atoms with Crippen LogP contribution in [0.4, 0.5) is 0 Å². The minimum atomic E-state index is -0.297. The van der Waals surface area contributed by atoms with E-state index in [9.17, 15) is 4.79 Å². The number of carbonyl (C=O) groups is 1. The lowest BCUT2D eigenvalue weighted by Gasteiger charge is -2.31. The molecule has 2 N–H and O–H groups in total. The van der Waals surface area contributed by atoms with Crippen LogP contribution in [-0.2, 0) is 4.79 Å². The number of rotatable bonds is 3. The lowest BCUT2D eigenvalue weighted by Crippen LogP contribution is -2.44. The van der Waals surface area contributed by atoms with Gasteiger partial charge in [-0.15, -0.1) is 0 Å². The molecule has 0 bridgehead atoms. The molecule has 0 saturated carbocycles. The van der Waals surface area contributed by atoms with Crippen molar-refractivity contribution in [3.63, 3.8) is 0 Å². The topological polar surface area (TPSA) is 41.1 Å². The van der Waals surface area contributed by atoms with Crippen molar-refractivity contribution in [3.05, 3.63) is 76.3 Å². The second-order valence-corrected chi connectivity index (χ2v) is 6.14. The summed E-state index contributed by atoms with van der Waals surface area (Å²) in [6.45, 7) is 1.57. The predicted molar refractivity (Wildman–Crippen MR) is 97.1 cm³/mol. The van der Waals surface area contributed by atoms with Gasteiger partial charge in [0.25, 0.3) is 0 Å². The Balaban J connectivity index is 2.16. The minimum absolute atomic E-state index is 0.00805. The molecule has 0 aromatic heterocycles. The highest BCUT2D eigenvalue weighted by Crippen LogP contribution is 2.32. The van der Waals surface area contributed by atoms with E-state index in [1.165, 1.54) is 0 Å². The highest BCUT2D eigenvalue weighted by Gasteiger charge is 2.29. The summed E-state index contributed by atoms with van der Waals surface area (Å²) in [5.41, 5.74) is 3.28. The average molecular weight is 343 g/mol. The monoisotopic (exact) mass is 342 g/mol. The Labute approximate surface area is 145 Å². The maximum absolute atomic E-state index is 12.3. The lowest BCUT2D eigenvalue weighted by atomic mass is 9.90. The molecule has 0 unspecified atom stereocenters. The first-order valence-electron chi connectivity index (χ1n) is 7.20. The van der Waals surface area contributed by atoms with Gasteiger partial charge in [0.05, 0.1) is 11.7 Å². The van der Waals surface area contributed by atoms with E-state index in [1.807, 2.05) is 54.6 Å². The third kappa shape index (κ3) is 3.28. The molecule has 2 aromatic carbocycles. The van der Waals surface area contributed by atoms with Gasteiger partial charge in [-0.3, -0.25) is 4.79 Å². The minimum Gasteiger partial charge on any atom is -0.351 e. The van der Waals surface area contributed by atoms with E-state index < -0.39 is 0 Å². The molecule has 0 aliphatic carbocycles. The molecule has 3 nitrogen and oxygen atoms in total. The Bertz CT molecular complexity index is 784. The van der Waals surface area contributed by atoms with Gasteiger partial charge in [-0.25, -0.2) is 0 Å². The molecule has 23 heavy (non-hydrogen) atoms. The van der Waals surface area contributed by atoms with Crippen LogP contribution in [0.25, 0.3) is 5.70 Å². The first-order valence-corrected chi connectivity index (χ1v) is 7.98. The number of ketones is 1. The molecule has 3 rings (SSSR count). The molecule has 1 heterocycles. The zero-order valence-electron chi connectivity index (χ0n) is 12.5. The van der Waals surface area contributed by atoms with Crippen LogP contribution in [0.2, 0.25) is 5.02 Å². The lowest BCUT2D eigenvalue weighted by molar-refractivity contribution is -0.113. The standard InChI is InChI=1S/C18H15ClN2OS/c1-11(22)15-16(12-5-3-2-4-6-12)20-18(23)21-17(15)13-7-9-14(19)10-8-13/h2-10,17H,1H3,(H2,20,21,23)/t17-/m0/s1. The summed E-state index contributed by atoms with van der Waals surface area (Å²) in [6, 6.07) is 16.8. The van der Waals surface area contributed by atoms with Gasteiger partial charge in [-0.1, -0.05) is 54.1 Å². The third-order valence-corrected chi connectivity index (χ3v) is 4.19. The van der Waals surface area contributed by atoms with Crippen LogP contribution in [0.3, 0.4) is 0 Å². The average Bonchev–Trinajstić information content (AvgIpc) is 2.55. The molecular weight excluding hydrogens is 328 g/mol.